The Hall–Kier alpha value is -4.74. The topological polar surface area (TPSA) is 130 Å². The van der Waals surface area contributed by atoms with Crippen LogP contribution in [-0.2, 0) is 4.79 Å². The van der Waals surface area contributed by atoms with E-state index in [0.29, 0.717) is 22.2 Å². The van der Waals surface area contributed by atoms with Crippen LogP contribution < -0.4 is 16.6 Å². The quantitative estimate of drug-likeness (QED) is 0.131. The molecule has 1 amide bonds. The Kier molecular flexibility index (Phi) is 7.77. The highest BCUT2D eigenvalue weighted by atomic mass is 16.4. The first-order chi connectivity index (χ1) is 17.9. The summed E-state index contributed by atoms with van der Waals surface area (Å²) < 4.78 is 0. The highest BCUT2D eigenvalue weighted by Gasteiger charge is 2.23. The fourth-order valence-electron chi connectivity index (χ4n) is 3.86. The molecule has 4 aromatic rings. The first kappa shape index (κ1) is 25.4. The van der Waals surface area contributed by atoms with Crippen LogP contribution >= 0.6 is 0 Å². The molecule has 2 aromatic carbocycles. The Bertz CT molecular complexity index is 1490. The Morgan fingerprint density at radius 3 is 2.27 bits per heavy atom. The zero-order valence-electron chi connectivity index (χ0n) is 20.5. The molecule has 0 aliphatic carbocycles. The Morgan fingerprint density at radius 1 is 1.03 bits per heavy atom. The molecule has 0 bridgehead atoms. The van der Waals surface area contributed by atoms with E-state index in [-0.39, 0.29) is 5.92 Å². The number of fused-ring (bicyclic) bond motifs is 1. The first-order valence-corrected chi connectivity index (χ1v) is 11.9. The van der Waals surface area contributed by atoms with Crippen molar-refractivity contribution in [1.82, 2.24) is 15.4 Å². The van der Waals surface area contributed by atoms with Gasteiger partial charge in [0.05, 0.1) is 16.8 Å². The molecule has 2 aromatic heterocycles. The van der Waals surface area contributed by atoms with Crippen molar-refractivity contribution in [2.24, 2.45) is 11.8 Å². The molecule has 0 fully saturated rings. The number of hydrogen-bond acceptors (Lipinski definition) is 6. The second-order valence-corrected chi connectivity index (χ2v) is 8.67. The summed E-state index contributed by atoms with van der Waals surface area (Å²) in [5, 5.41) is 13.2. The number of carbonyl (C=O) groups excluding carboxylic acids is 1. The van der Waals surface area contributed by atoms with E-state index in [4.69, 9.17) is 5.84 Å². The number of amides is 1. The van der Waals surface area contributed by atoms with E-state index in [1.165, 1.54) is 0 Å². The highest BCUT2D eigenvalue weighted by molar-refractivity contribution is 6.06. The van der Waals surface area contributed by atoms with Crippen molar-refractivity contribution in [2.75, 3.05) is 5.32 Å². The number of nitrogen functional groups attached to an aromatic ring is 1. The van der Waals surface area contributed by atoms with E-state index in [0.717, 1.165) is 28.8 Å². The van der Waals surface area contributed by atoms with Crippen molar-refractivity contribution in [2.45, 2.75) is 26.3 Å². The number of nitrogens with one attached hydrogen (secondary N) is 2. The van der Waals surface area contributed by atoms with Crippen LogP contribution in [0, 0.1) is 17.8 Å². The van der Waals surface area contributed by atoms with E-state index in [2.05, 4.69) is 32.6 Å². The van der Waals surface area contributed by atoms with Crippen LogP contribution in [0.25, 0.3) is 22.2 Å². The smallest absolute Gasteiger partial charge is 0.326 e. The van der Waals surface area contributed by atoms with Crippen LogP contribution in [-0.4, -0.2) is 33.0 Å². The summed E-state index contributed by atoms with van der Waals surface area (Å²) in [5.74, 6) is 10.4. The van der Waals surface area contributed by atoms with Crippen LogP contribution in [0.15, 0.2) is 73.1 Å². The monoisotopic (exact) mass is 493 g/mol. The first-order valence-electron chi connectivity index (χ1n) is 11.9. The minimum atomic E-state index is -0.864. The third kappa shape index (κ3) is 5.92. The van der Waals surface area contributed by atoms with Crippen LogP contribution in [0.3, 0.4) is 0 Å². The third-order valence-electron chi connectivity index (χ3n) is 6.20. The predicted molar refractivity (Wildman–Crippen MR) is 144 cm³/mol. The molecule has 2 unspecified atom stereocenters. The van der Waals surface area contributed by atoms with Crippen LogP contribution in [0.4, 0.5) is 5.69 Å². The number of anilines is 1. The maximum absolute atomic E-state index is 12.3. The van der Waals surface area contributed by atoms with Crippen molar-refractivity contribution < 1.29 is 14.7 Å². The van der Waals surface area contributed by atoms with Gasteiger partial charge >= 0.3 is 5.97 Å². The normalized spacial score (nSPS) is 12.2. The number of aromatic nitrogens is 2. The fourth-order valence-corrected chi connectivity index (χ4v) is 3.86. The number of carbonyl (C=O) groups is 2. The van der Waals surface area contributed by atoms with Crippen molar-refractivity contribution in [1.29, 1.82) is 0 Å². The van der Waals surface area contributed by atoms with E-state index >= 15 is 0 Å². The molecule has 8 heteroatoms. The van der Waals surface area contributed by atoms with Gasteiger partial charge < -0.3 is 10.4 Å². The number of nitrogens with two attached hydrogens (primary N) is 1. The van der Waals surface area contributed by atoms with E-state index in [1.54, 1.807) is 24.5 Å². The number of carboxylic acid groups (broad SMARTS) is 1. The highest BCUT2D eigenvalue weighted by Crippen LogP contribution is 2.25. The number of nitrogens with zero attached hydrogens (tertiary/aromatic N) is 2. The molecule has 0 aliphatic rings. The number of hydrogen-bond donors (Lipinski definition) is 4. The molecule has 37 heavy (non-hydrogen) atoms. The summed E-state index contributed by atoms with van der Waals surface area (Å²) in [4.78, 5) is 32.6. The van der Waals surface area contributed by atoms with Gasteiger partial charge in [-0.3, -0.25) is 15.2 Å². The zero-order valence-corrected chi connectivity index (χ0v) is 20.5. The molecule has 4 rings (SSSR count). The van der Waals surface area contributed by atoms with Crippen molar-refractivity contribution in [3.8, 4) is 23.1 Å². The van der Waals surface area contributed by atoms with Crippen LogP contribution in [0.5, 0.6) is 0 Å². The Balaban J connectivity index is 1.51. The number of rotatable bonds is 7. The lowest BCUT2D eigenvalue weighted by Gasteiger charge is -2.21. The summed E-state index contributed by atoms with van der Waals surface area (Å²) in [6, 6.07) is 17.8. The molecule has 0 saturated carbocycles. The Labute approximate surface area is 214 Å². The average Bonchev–Trinajstić information content (AvgIpc) is 2.94. The van der Waals surface area contributed by atoms with Crippen molar-refractivity contribution >= 4 is 28.5 Å². The summed E-state index contributed by atoms with van der Waals surface area (Å²) in [6.07, 6.45) is 3.99. The molecule has 8 nitrogen and oxygen atoms in total. The SMILES string of the molecule is CCC(C)C(Nc1ccc(C#Cc2ccc(-c3cc(C(=O)NN)c4cnccc4n3)cc2)cc1)C(=O)O. The lowest BCUT2D eigenvalue weighted by Crippen LogP contribution is -2.35. The van der Waals surface area contributed by atoms with Gasteiger partial charge in [-0.1, -0.05) is 44.2 Å². The van der Waals surface area contributed by atoms with Crippen molar-refractivity contribution in [3.63, 3.8) is 0 Å². The maximum Gasteiger partial charge on any atom is 0.326 e. The third-order valence-corrected chi connectivity index (χ3v) is 6.20. The summed E-state index contributed by atoms with van der Waals surface area (Å²) >= 11 is 0. The van der Waals surface area contributed by atoms with E-state index in [9.17, 15) is 14.7 Å². The molecule has 0 radical (unpaired) electrons. The molecule has 0 aliphatic heterocycles. The second-order valence-electron chi connectivity index (χ2n) is 8.67. The predicted octanol–water partition coefficient (Wildman–Crippen LogP) is 4.21. The zero-order chi connectivity index (χ0) is 26.4. The minimum Gasteiger partial charge on any atom is -0.480 e. The van der Waals surface area contributed by atoms with Crippen molar-refractivity contribution in [3.05, 3.63) is 89.7 Å². The maximum atomic E-state index is 12.3. The summed E-state index contributed by atoms with van der Waals surface area (Å²) in [6.45, 7) is 3.89. The summed E-state index contributed by atoms with van der Waals surface area (Å²) in [7, 11) is 0. The molecule has 186 valence electrons. The van der Waals surface area contributed by atoms with Crippen LogP contribution in [0.2, 0.25) is 0 Å². The van der Waals surface area contributed by atoms with Gasteiger partial charge in [0.2, 0.25) is 0 Å². The van der Waals surface area contributed by atoms with E-state index in [1.807, 2.05) is 62.4 Å². The molecule has 5 N–H and O–H groups in total. The lowest BCUT2D eigenvalue weighted by molar-refractivity contribution is -0.139. The van der Waals surface area contributed by atoms with Gasteiger partial charge in [0, 0.05) is 40.2 Å². The largest absolute Gasteiger partial charge is 0.480 e. The standard InChI is InChI=1S/C29H27N5O3/c1-3-18(2)27(29(36)37)32-22-12-8-20(9-13-22)5-4-19-6-10-21(11-7-19)26-16-23(28(35)34-30)24-17-31-15-14-25(24)33-26/h6-18,27,32H,3,30H2,1-2H3,(H,34,35)(H,36,37). The van der Waals surface area contributed by atoms with Gasteiger partial charge in [-0.25, -0.2) is 15.6 Å². The Morgan fingerprint density at radius 2 is 1.68 bits per heavy atom. The van der Waals surface area contributed by atoms with Gasteiger partial charge in [-0.05, 0) is 54.4 Å². The van der Waals surface area contributed by atoms with Gasteiger partial charge in [0.15, 0.2) is 0 Å². The number of pyridine rings is 2. The number of carboxylic acids is 1. The number of aliphatic carboxylic acids is 1. The number of benzene rings is 2. The van der Waals surface area contributed by atoms with Gasteiger partial charge in [0.25, 0.3) is 5.91 Å². The van der Waals surface area contributed by atoms with Gasteiger partial charge in [-0.2, -0.15) is 0 Å². The van der Waals surface area contributed by atoms with Gasteiger partial charge in [-0.15, -0.1) is 0 Å². The lowest BCUT2D eigenvalue weighted by atomic mass is 9.99. The fraction of sp³-hybridized carbons (Fsp3) is 0.172. The second kappa shape index (κ2) is 11.3. The average molecular weight is 494 g/mol. The molecular formula is C29H27N5O3. The molecule has 2 atom stereocenters. The van der Waals surface area contributed by atoms with Crippen LogP contribution in [0.1, 0.15) is 41.8 Å². The van der Waals surface area contributed by atoms with Gasteiger partial charge in [0.1, 0.15) is 6.04 Å². The van der Waals surface area contributed by atoms with E-state index < -0.39 is 17.9 Å². The molecule has 0 spiro atoms. The minimum absolute atomic E-state index is 0.00570. The molecular weight excluding hydrogens is 466 g/mol. The molecule has 2 heterocycles. The summed E-state index contributed by atoms with van der Waals surface area (Å²) in [5.41, 5.74) is 7.06. The number of hydrazine groups is 1. The molecule has 0 saturated heterocycles.